The van der Waals surface area contributed by atoms with Gasteiger partial charge in [-0.3, -0.25) is 9.59 Å². The zero-order valence-corrected chi connectivity index (χ0v) is 10.9. The van der Waals surface area contributed by atoms with Crippen molar-refractivity contribution in [2.75, 3.05) is 19.1 Å². The zero-order valence-electron chi connectivity index (χ0n) is 10.2. The second-order valence-corrected chi connectivity index (χ2v) is 4.64. The standard InChI is InChI=1S/C13H16ClNO3/c14-6-8-18-9-7-15-11-2-1-3-12(16)10(11)4-5-13(15)17/h4-5H,1-3,6-9H2. The van der Waals surface area contributed by atoms with Crippen LogP contribution in [0.5, 0.6) is 0 Å². The van der Waals surface area contributed by atoms with E-state index >= 15 is 0 Å². The fourth-order valence-corrected chi connectivity index (χ4v) is 2.36. The van der Waals surface area contributed by atoms with E-state index in [2.05, 4.69) is 0 Å². The Bertz CT molecular complexity index is 495. The number of aromatic nitrogens is 1. The summed E-state index contributed by atoms with van der Waals surface area (Å²) in [4.78, 5) is 23.6. The Morgan fingerprint density at radius 1 is 1.22 bits per heavy atom. The number of ether oxygens (including phenoxy) is 1. The minimum absolute atomic E-state index is 0.0714. The fourth-order valence-electron chi connectivity index (χ4n) is 2.25. The Morgan fingerprint density at radius 3 is 2.83 bits per heavy atom. The van der Waals surface area contributed by atoms with Gasteiger partial charge in [0, 0.05) is 36.2 Å². The highest BCUT2D eigenvalue weighted by Crippen LogP contribution is 2.19. The predicted octanol–water partition coefficient (Wildman–Crippen LogP) is 1.62. The van der Waals surface area contributed by atoms with Gasteiger partial charge in [-0.1, -0.05) is 0 Å². The molecule has 0 aliphatic heterocycles. The molecule has 0 atom stereocenters. The van der Waals surface area contributed by atoms with Crippen LogP contribution in [-0.2, 0) is 17.7 Å². The molecular weight excluding hydrogens is 254 g/mol. The van der Waals surface area contributed by atoms with Crippen molar-refractivity contribution in [2.24, 2.45) is 0 Å². The Labute approximate surface area is 111 Å². The molecule has 0 spiro atoms. The van der Waals surface area contributed by atoms with E-state index in [4.69, 9.17) is 16.3 Å². The summed E-state index contributed by atoms with van der Waals surface area (Å²) in [6.45, 7) is 1.40. The zero-order chi connectivity index (χ0) is 13.0. The minimum atomic E-state index is -0.0714. The lowest BCUT2D eigenvalue weighted by molar-refractivity contribution is 0.0968. The van der Waals surface area contributed by atoms with Crippen LogP contribution in [0.3, 0.4) is 0 Å². The third kappa shape index (κ3) is 2.82. The molecule has 0 aromatic carbocycles. The Kier molecular flexibility index (Phi) is 4.55. The van der Waals surface area contributed by atoms with Crippen LogP contribution in [0.15, 0.2) is 16.9 Å². The van der Waals surface area contributed by atoms with Crippen molar-refractivity contribution in [3.8, 4) is 0 Å². The molecule has 1 heterocycles. The number of hydrogen-bond acceptors (Lipinski definition) is 3. The first-order valence-electron chi connectivity index (χ1n) is 6.13. The van der Waals surface area contributed by atoms with E-state index in [1.54, 1.807) is 10.6 Å². The summed E-state index contributed by atoms with van der Waals surface area (Å²) in [5.74, 6) is 0.576. The van der Waals surface area contributed by atoms with Crippen LogP contribution < -0.4 is 5.56 Å². The molecule has 1 aliphatic carbocycles. The largest absolute Gasteiger partial charge is 0.378 e. The Morgan fingerprint density at radius 2 is 2.06 bits per heavy atom. The van der Waals surface area contributed by atoms with Crippen molar-refractivity contribution in [2.45, 2.75) is 25.8 Å². The number of hydrogen-bond donors (Lipinski definition) is 0. The molecule has 0 saturated carbocycles. The number of pyridine rings is 1. The van der Waals surface area contributed by atoms with Crippen molar-refractivity contribution in [1.82, 2.24) is 4.57 Å². The van der Waals surface area contributed by atoms with Gasteiger partial charge in [0.2, 0.25) is 0 Å². The number of alkyl halides is 1. The number of carbonyl (C=O) groups excluding carboxylic acids is 1. The molecule has 98 valence electrons. The lowest BCUT2D eigenvalue weighted by atomic mass is 9.94. The number of rotatable bonds is 5. The van der Waals surface area contributed by atoms with E-state index in [0.29, 0.717) is 37.6 Å². The summed E-state index contributed by atoms with van der Waals surface area (Å²) < 4.78 is 6.94. The highest BCUT2D eigenvalue weighted by atomic mass is 35.5. The van der Waals surface area contributed by atoms with Gasteiger partial charge in [-0.25, -0.2) is 0 Å². The van der Waals surface area contributed by atoms with Gasteiger partial charge in [-0.15, -0.1) is 11.6 Å². The van der Waals surface area contributed by atoms with Gasteiger partial charge in [0.15, 0.2) is 5.78 Å². The lowest BCUT2D eigenvalue weighted by Gasteiger charge is -2.19. The molecule has 0 fully saturated rings. The third-order valence-electron chi connectivity index (χ3n) is 3.09. The van der Waals surface area contributed by atoms with E-state index in [1.165, 1.54) is 6.07 Å². The van der Waals surface area contributed by atoms with Gasteiger partial charge in [0.1, 0.15) is 0 Å². The molecular formula is C13H16ClNO3. The van der Waals surface area contributed by atoms with Gasteiger partial charge >= 0.3 is 0 Å². The van der Waals surface area contributed by atoms with Gasteiger partial charge in [0.05, 0.1) is 13.2 Å². The molecule has 5 heteroatoms. The molecule has 0 unspecified atom stereocenters. The van der Waals surface area contributed by atoms with E-state index < -0.39 is 0 Å². The van der Waals surface area contributed by atoms with E-state index in [-0.39, 0.29) is 11.3 Å². The van der Waals surface area contributed by atoms with Crippen LogP contribution in [0.2, 0.25) is 0 Å². The topological polar surface area (TPSA) is 48.3 Å². The van der Waals surface area contributed by atoms with Crippen molar-refractivity contribution < 1.29 is 9.53 Å². The third-order valence-corrected chi connectivity index (χ3v) is 3.25. The maximum absolute atomic E-state index is 11.8. The van der Waals surface area contributed by atoms with Crippen LogP contribution in [0, 0.1) is 0 Å². The summed E-state index contributed by atoms with van der Waals surface area (Å²) in [6, 6.07) is 3.11. The van der Waals surface area contributed by atoms with Gasteiger partial charge < -0.3 is 9.30 Å². The first kappa shape index (κ1) is 13.3. The van der Waals surface area contributed by atoms with Crippen molar-refractivity contribution >= 4 is 17.4 Å². The van der Waals surface area contributed by atoms with Crippen LogP contribution in [0.25, 0.3) is 0 Å². The molecule has 1 aromatic rings. The fraction of sp³-hybridized carbons (Fsp3) is 0.538. The number of Topliss-reactive ketones (excluding diaryl/α,β-unsaturated/α-hetero) is 1. The number of fused-ring (bicyclic) bond motifs is 1. The molecule has 4 nitrogen and oxygen atoms in total. The molecule has 0 N–H and O–H groups in total. The van der Waals surface area contributed by atoms with E-state index in [0.717, 1.165) is 18.5 Å². The maximum Gasteiger partial charge on any atom is 0.250 e. The number of carbonyl (C=O) groups is 1. The molecule has 0 saturated heterocycles. The molecule has 0 bridgehead atoms. The summed E-state index contributed by atoms with van der Waals surface area (Å²) in [5.41, 5.74) is 1.48. The summed E-state index contributed by atoms with van der Waals surface area (Å²) in [7, 11) is 0. The SMILES string of the molecule is O=C1CCCc2c1ccc(=O)n2CCOCCCl. The minimum Gasteiger partial charge on any atom is -0.378 e. The van der Waals surface area contributed by atoms with Crippen molar-refractivity contribution in [1.29, 1.82) is 0 Å². The quantitative estimate of drug-likeness (QED) is 0.603. The van der Waals surface area contributed by atoms with Crippen molar-refractivity contribution in [3.05, 3.63) is 33.7 Å². The Hall–Kier alpha value is -1.13. The van der Waals surface area contributed by atoms with E-state index in [1.807, 2.05) is 0 Å². The smallest absolute Gasteiger partial charge is 0.250 e. The van der Waals surface area contributed by atoms with Gasteiger partial charge in [-0.2, -0.15) is 0 Å². The highest BCUT2D eigenvalue weighted by Gasteiger charge is 2.20. The molecule has 0 radical (unpaired) electrons. The summed E-state index contributed by atoms with van der Waals surface area (Å²) in [6.07, 6.45) is 2.18. The second-order valence-electron chi connectivity index (χ2n) is 4.26. The van der Waals surface area contributed by atoms with Crippen LogP contribution in [-0.4, -0.2) is 29.4 Å². The lowest BCUT2D eigenvalue weighted by Crippen LogP contribution is -2.29. The van der Waals surface area contributed by atoms with Gasteiger partial charge in [-0.05, 0) is 18.9 Å². The molecule has 1 aliphatic rings. The normalized spacial score (nSPS) is 14.6. The van der Waals surface area contributed by atoms with Crippen LogP contribution >= 0.6 is 11.6 Å². The monoisotopic (exact) mass is 269 g/mol. The van der Waals surface area contributed by atoms with Crippen LogP contribution in [0.1, 0.15) is 28.9 Å². The van der Waals surface area contributed by atoms with Crippen molar-refractivity contribution in [3.63, 3.8) is 0 Å². The molecule has 1 aromatic heterocycles. The molecule has 18 heavy (non-hydrogen) atoms. The summed E-state index contributed by atoms with van der Waals surface area (Å²) >= 11 is 5.51. The predicted molar refractivity (Wildman–Crippen MR) is 69.5 cm³/mol. The van der Waals surface area contributed by atoms with E-state index in [9.17, 15) is 9.59 Å². The number of ketones is 1. The first-order valence-corrected chi connectivity index (χ1v) is 6.67. The number of halogens is 1. The average Bonchev–Trinajstić information content (AvgIpc) is 2.37. The average molecular weight is 270 g/mol. The first-order chi connectivity index (χ1) is 8.74. The highest BCUT2D eigenvalue weighted by molar-refractivity contribution is 6.17. The maximum atomic E-state index is 11.8. The molecule has 2 rings (SSSR count). The summed E-state index contributed by atoms with van der Waals surface area (Å²) in [5, 5.41) is 0. The Balaban J connectivity index is 2.20. The molecule has 0 amide bonds. The second kappa shape index (κ2) is 6.16. The van der Waals surface area contributed by atoms with Gasteiger partial charge in [0.25, 0.3) is 5.56 Å². The van der Waals surface area contributed by atoms with Crippen LogP contribution in [0.4, 0.5) is 0 Å². The number of nitrogens with zero attached hydrogens (tertiary/aromatic N) is 1.